The van der Waals surface area contributed by atoms with E-state index >= 15 is 0 Å². The number of hydrogen-bond acceptors (Lipinski definition) is 16. The standard InChI is InChI=1S/C57H59N11O11/c1-57(2,3)79-47(70)32-67(30-29-60-53(71)78-36-45-43-25-15-13-23-41(43)42-24-14-16-26-44(42)45)46(69)31-68-37-61-48-49(63-54(72)75-33-38-17-7-4-8-18-38)62-51(64-50(48)68)58-27-28-59-52(65-55(73)76-34-39-19-9-5-10-20-39)66-56(74)77-35-40-21-11-6-12-22-40/h4-26,37,45H,27-36H2,1-3H3,(H,60,71)(H2,58,62,63,64,72)(H2,59,65,66,73,74). The molecule has 0 saturated heterocycles. The number of nitrogens with zero attached hydrogens (tertiary/aromatic N) is 6. The lowest BCUT2D eigenvalue weighted by atomic mass is 9.98. The molecule has 2 aromatic heterocycles. The normalized spacial score (nSPS) is 11.5. The highest BCUT2D eigenvalue weighted by atomic mass is 16.6. The molecule has 22 nitrogen and oxygen atoms in total. The number of amides is 5. The van der Waals surface area contributed by atoms with E-state index in [1.165, 1.54) is 15.8 Å². The summed E-state index contributed by atoms with van der Waals surface area (Å²) < 4.78 is 28.8. The number of aliphatic imine (C=N–C) groups is 1. The number of nitrogens with one attached hydrogen (secondary N) is 5. The third-order valence-corrected chi connectivity index (χ3v) is 11.8. The zero-order chi connectivity index (χ0) is 55.6. The Morgan fingerprint density at radius 1 is 0.633 bits per heavy atom. The van der Waals surface area contributed by atoms with Crippen LogP contribution in [0.1, 0.15) is 54.5 Å². The van der Waals surface area contributed by atoms with Crippen LogP contribution in [0.15, 0.2) is 151 Å². The summed E-state index contributed by atoms with van der Waals surface area (Å²) in [6, 6.07) is 43.0. The summed E-state index contributed by atoms with van der Waals surface area (Å²) in [5.74, 6) is -1.84. The lowest BCUT2D eigenvalue weighted by Gasteiger charge is -2.25. The van der Waals surface area contributed by atoms with E-state index in [2.05, 4.69) is 46.5 Å². The van der Waals surface area contributed by atoms with E-state index in [4.69, 9.17) is 23.7 Å². The zero-order valence-electron chi connectivity index (χ0n) is 43.7. The number of hydrogen-bond donors (Lipinski definition) is 5. The van der Waals surface area contributed by atoms with Crippen LogP contribution < -0.4 is 26.6 Å². The third-order valence-electron chi connectivity index (χ3n) is 11.8. The van der Waals surface area contributed by atoms with E-state index in [0.29, 0.717) is 0 Å². The van der Waals surface area contributed by atoms with Gasteiger partial charge in [-0.25, -0.2) is 24.2 Å². The molecule has 2 heterocycles. The molecule has 0 spiro atoms. The first-order valence-electron chi connectivity index (χ1n) is 25.3. The predicted molar refractivity (Wildman–Crippen MR) is 291 cm³/mol. The molecule has 0 unspecified atom stereocenters. The monoisotopic (exact) mass is 1070 g/mol. The summed E-state index contributed by atoms with van der Waals surface area (Å²) in [7, 11) is 0. The Labute approximate surface area is 454 Å². The van der Waals surface area contributed by atoms with Crippen LogP contribution in [0, 0.1) is 0 Å². The number of benzene rings is 5. The number of esters is 1. The van der Waals surface area contributed by atoms with E-state index in [9.17, 15) is 28.8 Å². The molecule has 5 N–H and O–H groups in total. The van der Waals surface area contributed by atoms with Gasteiger partial charge in [0, 0.05) is 25.6 Å². The molecule has 0 bridgehead atoms. The van der Waals surface area contributed by atoms with Crippen molar-refractivity contribution in [2.24, 2.45) is 4.99 Å². The van der Waals surface area contributed by atoms with Crippen molar-refractivity contribution in [1.82, 2.24) is 40.4 Å². The van der Waals surface area contributed by atoms with E-state index < -0.39 is 54.9 Å². The Balaban J connectivity index is 0.962. The van der Waals surface area contributed by atoms with Crippen LogP contribution in [0.2, 0.25) is 0 Å². The maximum absolute atomic E-state index is 14.3. The Hall–Kier alpha value is -9.86. The first-order valence-corrected chi connectivity index (χ1v) is 25.3. The van der Waals surface area contributed by atoms with Gasteiger partial charge in [0.2, 0.25) is 17.8 Å². The Morgan fingerprint density at radius 3 is 1.72 bits per heavy atom. The molecule has 0 saturated carbocycles. The first kappa shape index (κ1) is 55.4. The minimum absolute atomic E-state index is 0.0121. The zero-order valence-corrected chi connectivity index (χ0v) is 43.7. The second-order valence-corrected chi connectivity index (χ2v) is 18.8. The maximum Gasteiger partial charge on any atom is 0.414 e. The van der Waals surface area contributed by atoms with Gasteiger partial charge in [0.05, 0.1) is 12.9 Å². The SMILES string of the molecule is CC(C)(C)OC(=O)CN(CCNC(=O)OCC1c2ccccc2-c2ccccc21)C(=O)Cn1cnc2c(NC(=O)OCc3ccccc3)nc(NCCN=C(NC(=O)OCc3ccccc3)NC(=O)OCc3ccccc3)nc21. The fourth-order valence-corrected chi connectivity index (χ4v) is 8.25. The lowest BCUT2D eigenvalue weighted by molar-refractivity contribution is -0.159. The molecule has 0 atom stereocenters. The van der Waals surface area contributed by atoms with Gasteiger partial charge >= 0.3 is 30.3 Å². The minimum atomic E-state index is -0.901. The molecule has 1 aliphatic carbocycles. The van der Waals surface area contributed by atoms with Crippen LogP contribution >= 0.6 is 0 Å². The number of fused-ring (bicyclic) bond motifs is 4. The summed E-state index contributed by atoms with van der Waals surface area (Å²) in [4.78, 5) is 98.8. The number of rotatable bonds is 20. The topological polar surface area (TPSA) is 268 Å². The van der Waals surface area contributed by atoms with Gasteiger partial charge in [0.1, 0.15) is 45.1 Å². The molecule has 8 rings (SSSR count). The van der Waals surface area contributed by atoms with Crippen molar-refractivity contribution >= 4 is 65.1 Å². The first-order chi connectivity index (χ1) is 38.2. The summed E-state index contributed by atoms with van der Waals surface area (Å²) in [6.45, 7) is 3.85. The molecule has 5 amide bonds. The average molecular weight is 1070 g/mol. The number of alkyl carbamates (subject to hydrolysis) is 3. The highest BCUT2D eigenvalue weighted by Crippen LogP contribution is 2.44. The van der Waals surface area contributed by atoms with Crippen molar-refractivity contribution < 1.29 is 52.5 Å². The van der Waals surface area contributed by atoms with Crippen molar-refractivity contribution in [3.63, 3.8) is 0 Å². The van der Waals surface area contributed by atoms with E-state index in [1.807, 2.05) is 66.7 Å². The predicted octanol–water partition coefficient (Wildman–Crippen LogP) is 7.90. The van der Waals surface area contributed by atoms with Crippen molar-refractivity contribution in [3.8, 4) is 11.1 Å². The highest BCUT2D eigenvalue weighted by molar-refractivity contribution is 6.01. The molecule has 7 aromatic rings. The molecule has 0 fully saturated rings. The van der Waals surface area contributed by atoms with Crippen LogP contribution in [-0.4, -0.2) is 112 Å². The molecular weight excluding hydrogens is 1010 g/mol. The number of carbonyl (C=O) groups excluding carboxylic acids is 6. The second-order valence-electron chi connectivity index (χ2n) is 18.8. The number of guanidine groups is 1. The van der Waals surface area contributed by atoms with Gasteiger partial charge < -0.3 is 43.8 Å². The summed E-state index contributed by atoms with van der Waals surface area (Å²) >= 11 is 0. The number of anilines is 2. The number of aromatic nitrogens is 4. The Morgan fingerprint density at radius 2 is 1.16 bits per heavy atom. The van der Waals surface area contributed by atoms with Gasteiger partial charge in [-0.3, -0.25) is 30.5 Å². The molecule has 79 heavy (non-hydrogen) atoms. The van der Waals surface area contributed by atoms with Crippen molar-refractivity contribution in [3.05, 3.63) is 174 Å². The van der Waals surface area contributed by atoms with Crippen LogP contribution in [0.3, 0.4) is 0 Å². The van der Waals surface area contributed by atoms with Crippen molar-refractivity contribution in [1.29, 1.82) is 0 Å². The lowest BCUT2D eigenvalue weighted by Crippen LogP contribution is -2.44. The second kappa shape index (κ2) is 26.8. The van der Waals surface area contributed by atoms with Crippen molar-refractivity contribution in [2.45, 2.75) is 58.7 Å². The average Bonchev–Trinajstić information content (AvgIpc) is 4.24. The van der Waals surface area contributed by atoms with E-state index in [-0.39, 0.29) is 87.4 Å². The van der Waals surface area contributed by atoms with E-state index in [1.54, 1.807) is 93.6 Å². The minimum Gasteiger partial charge on any atom is -0.459 e. The van der Waals surface area contributed by atoms with Gasteiger partial charge in [0.25, 0.3) is 0 Å². The number of imidazole rings is 1. The molecule has 0 radical (unpaired) electrons. The Kier molecular flexibility index (Phi) is 18.8. The molecule has 0 aliphatic heterocycles. The van der Waals surface area contributed by atoms with Crippen molar-refractivity contribution in [2.75, 3.05) is 50.0 Å². The molecular formula is C57H59N11O11. The molecule has 22 heteroatoms. The Bertz CT molecular complexity index is 3170. The summed E-state index contributed by atoms with van der Waals surface area (Å²) in [5, 5.41) is 13.2. The molecule has 1 aliphatic rings. The smallest absolute Gasteiger partial charge is 0.414 e. The largest absolute Gasteiger partial charge is 0.459 e. The van der Waals surface area contributed by atoms with Gasteiger partial charge in [-0.1, -0.05) is 140 Å². The summed E-state index contributed by atoms with van der Waals surface area (Å²) in [6.07, 6.45) is -2.05. The highest BCUT2D eigenvalue weighted by Gasteiger charge is 2.30. The van der Waals surface area contributed by atoms with E-state index in [0.717, 1.165) is 38.9 Å². The number of carbonyl (C=O) groups is 6. The quantitative estimate of drug-likeness (QED) is 0.0160. The van der Waals surface area contributed by atoms with Crippen LogP contribution in [0.4, 0.5) is 30.9 Å². The fourth-order valence-electron chi connectivity index (χ4n) is 8.25. The van der Waals surface area contributed by atoms with Gasteiger partial charge in [-0.05, 0) is 59.7 Å². The van der Waals surface area contributed by atoms with Crippen LogP contribution in [-0.2, 0) is 59.6 Å². The van der Waals surface area contributed by atoms with Gasteiger partial charge in [0.15, 0.2) is 17.0 Å². The van der Waals surface area contributed by atoms with Crippen LogP contribution in [0.5, 0.6) is 0 Å². The molecule has 408 valence electrons. The molecule has 5 aromatic carbocycles. The summed E-state index contributed by atoms with van der Waals surface area (Å²) in [5.41, 5.74) is 5.79. The number of ether oxygens (including phenoxy) is 5. The third kappa shape index (κ3) is 16.3. The van der Waals surface area contributed by atoms with Gasteiger partial charge in [-0.2, -0.15) is 9.97 Å². The van der Waals surface area contributed by atoms with Crippen LogP contribution in [0.25, 0.3) is 22.3 Å². The van der Waals surface area contributed by atoms with Gasteiger partial charge in [-0.15, -0.1) is 0 Å². The fraction of sp³-hybridized carbons (Fsp3) is 0.263. The maximum atomic E-state index is 14.3.